The first kappa shape index (κ1) is 22.0. The Morgan fingerprint density at radius 2 is 0.560 bits per heavy atom. The molecule has 8 nitrogen and oxygen atoms in total. The summed E-state index contributed by atoms with van der Waals surface area (Å²) in [5.74, 6) is -4.25. The minimum Gasteiger partial charge on any atom is -0.478 e. The predicted octanol–water partition coefficient (Wildman–Crippen LogP) is 2.16. The number of aromatic carboxylic acids is 4. The molecular weight excluding hydrogens is 368 g/mol. The van der Waals surface area contributed by atoms with E-state index in [0.717, 1.165) is 0 Å². The van der Waals surface area contributed by atoms with Gasteiger partial charge in [-0.2, -0.15) is 0 Å². The normalized spacial score (nSPS) is 8.96. The molecule has 0 aliphatic carbocycles. The summed E-state index contributed by atoms with van der Waals surface area (Å²) in [5.41, 5.74) is 0.333. The zero-order chi connectivity index (χ0) is 18.3. The maximum absolute atomic E-state index is 10.3. The number of hydrogen-bond donors (Lipinski definition) is 4. The summed E-state index contributed by atoms with van der Waals surface area (Å²) in [6, 6.07) is 10.0. The Labute approximate surface area is 156 Å². The summed E-state index contributed by atoms with van der Waals surface area (Å²) in [6.07, 6.45) is 0. The van der Waals surface area contributed by atoms with Gasteiger partial charge in [-0.05, 0) is 48.5 Å². The summed E-state index contributed by atoms with van der Waals surface area (Å²) < 4.78 is 0. The monoisotopic (exact) mass is 380 g/mol. The van der Waals surface area contributed by atoms with Gasteiger partial charge in [0.1, 0.15) is 0 Å². The summed E-state index contributed by atoms with van der Waals surface area (Å²) >= 11 is 0. The van der Waals surface area contributed by atoms with Crippen LogP contribution in [0.1, 0.15) is 41.4 Å². The smallest absolute Gasteiger partial charge is 0.335 e. The minimum absolute atomic E-state index is 0. The van der Waals surface area contributed by atoms with Gasteiger partial charge in [0.15, 0.2) is 0 Å². The van der Waals surface area contributed by atoms with Gasteiger partial charge >= 0.3 is 23.9 Å². The van der Waals surface area contributed by atoms with Crippen LogP contribution < -0.4 is 0 Å². The van der Waals surface area contributed by atoms with Crippen LogP contribution in [0.3, 0.4) is 0 Å². The van der Waals surface area contributed by atoms with Crippen molar-refractivity contribution in [3.8, 4) is 0 Å². The van der Waals surface area contributed by atoms with Gasteiger partial charge < -0.3 is 20.4 Å². The third-order valence-corrected chi connectivity index (χ3v) is 2.76. The van der Waals surface area contributed by atoms with Crippen molar-refractivity contribution in [1.82, 2.24) is 0 Å². The average molecular weight is 380 g/mol. The molecule has 0 amide bonds. The van der Waals surface area contributed by atoms with Crippen molar-refractivity contribution in [2.75, 3.05) is 0 Å². The molecule has 0 aromatic heterocycles. The quantitative estimate of drug-likeness (QED) is 0.590. The Balaban J connectivity index is 0.000000443. The number of carboxylic acids is 4. The summed E-state index contributed by atoms with van der Waals surface area (Å²) in [5, 5.41) is 33.9. The largest absolute Gasteiger partial charge is 0.478 e. The van der Waals surface area contributed by atoms with E-state index in [1.807, 2.05) is 0 Å². The molecule has 0 spiro atoms. The van der Waals surface area contributed by atoms with Crippen molar-refractivity contribution in [3.05, 3.63) is 70.8 Å². The molecule has 0 atom stereocenters. The van der Waals surface area contributed by atoms with E-state index in [1.54, 1.807) is 0 Å². The van der Waals surface area contributed by atoms with E-state index in [9.17, 15) is 19.2 Å². The van der Waals surface area contributed by atoms with Crippen LogP contribution >= 0.6 is 0 Å². The second-order valence-corrected chi connectivity index (χ2v) is 4.38. The Morgan fingerprint density at radius 1 is 0.440 bits per heavy atom. The molecule has 25 heavy (non-hydrogen) atoms. The van der Waals surface area contributed by atoms with Crippen molar-refractivity contribution in [2.45, 2.75) is 0 Å². The van der Waals surface area contributed by atoms with E-state index >= 15 is 0 Å². The van der Waals surface area contributed by atoms with Crippen LogP contribution in [0.2, 0.25) is 0 Å². The van der Waals surface area contributed by atoms with E-state index < -0.39 is 23.9 Å². The molecular formula is C16H12O8Ti. The number of carbonyl (C=O) groups is 4. The number of rotatable bonds is 4. The van der Waals surface area contributed by atoms with Crippen LogP contribution in [0.25, 0.3) is 0 Å². The molecule has 0 unspecified atom stereocenters. The Kier molecular flexibility index (Phi) is 8.83. The first-order chi connectivity index (χ1) is 11.2. The number of benzene rings is 2. The van der Waals surface area contributed by atoms with E-state index in [-0.39, 0.29) is 44.0 Å². The fourth-order valence-electron chi connectivity index (χ4n) is 1.51. The number of carboxylic acid groups (broad SMARTS) is 4. The zero-order valence-electron chi connectivity index (χ0n) is 12.5. The summed E-state index contributed by atoms with van der Waals surface area (Å²) in [7, 11) is 0. The van der Waals surface area contributed by atoms with Crippen LogP contribution in [0.5, 0.6) is 0 Å². The van der Waals surface area contributed by atoms with Crippen molar-refractivity contribution in [3.63, 3.8) is 0 Å². The van der Waals surface area contributed by atoms with Gasteiger partial charge in [-0.3, -0.25) is 0 Å². The molecule has 9 heteroatoms. The van der Waals surface area contributed by atoms with E-state index in [4.69, 9.17) is 20.4 Å². The second kappa shape index (κ2) is 10.0. The van der Waals surface area contributed by atoms with E-state index in [2.05, 4.69) is 0 Å². The van der Waals surface area contributed by atoms with Crippen molar-refractivity contribution >= 4 is 23.9 Å². The topological polar surface area (TPSA) is 149 Å². The second-order valence-electron chi connectivity index (χ2n) is 4.38. The molecule has 0 heterocycles. The molecule has 0 radical (unpaired) electrons. The molecule has 4 N–H and O–H groups in total. The molecule has 0 aliphatic heterocycles. The van der Waals surface area contributed by atoms with Crippen LogP contribution in [0, 0.1) is 0 Å². The van der Waals surface area contributed by atoms with Crippen molar-refractivity contribution in [1.29, 1.82) is 0 Å². The van der Waals surface area contributed by atoms with Crippen LogP contribution in [0.4, 0.5) is 0 Å². The third kappa shape index (κ3) is 6.98. The molecule has 2 aromatic carbocycles. The summed E-state index contributed by atoms with van der Waals surface area (Å²) in [4.78, 5) is 41.3. The Hall–Kier alpha value is -2.97. The SMILES string of the molecule is O=C(O)c1ccc(C(=O)O)cc1.O=C(O)c1ccc(C(=O)O)cc1.[Ti]. The first-order valence-electron chi connectivity index (χ1n) is 6.35. The standard InChI is InChI=1S/2C8H6O4.Ti/c2*9-7(10)5-1-2-6(4-3-5)8(11)12;/h2*1-4H,(H,9,10)(H,11,12);. The van der Waals surface area contributed by atoms with Gasteiger partial charge in [0, 0.05) is 21.7 Å². The molecule has 0 aliphatic rings. The minimum atomic E-state index is -1.06. The Bertz CT molecular complexity index is 632. The molecule has 2 aromatic rings. The first-order valence-corrected chi connectivity index (χ1v) is 6.35. The predicted molar refractivity (Wildman–Crippen MR) is 80.7 cm³/mol. The summed E-state index contributed by atoms with van der Waals surface area (Å²) in [6.45, 7) is 0. The molecule has 0 saturated heterocycles. The fourth-order valence-corrected chi connectivity index (χ4v) is 1.51. The fraction of sp³-hybridized carbons (Fsp3) is 0. The van der Waals surface area contributed by atoms with Gasteiger partial charge in [0.25, 0.3) is 0 Å². The van der Waals surface area contributed by atoms with Gasteiger partial charge in [0.2, 0.25) is 0 Å². The number of hydrogen-bond acceptors (Lipinski definition) is 4. The van der Waals surface area contributed by atoms with Gasteiger partial charge in [-0.15, -0.1) is 0 Å². The molecule has 0 bridgehead atoms. The molecule has 2 rings (SSSR count). The van der Waals surface area contributed by atoms with Crippen LogP contribution in [-0.2, 0) is 21.7 Å². The van der Waals surface area contributed by atoms with Crippen molar-refractivity contribution < 1.29 is 61.3 Å². The van der Waals surface area contributed by atoms with Gasteiger partial charge in [-0.25, -0.2) is 19.2 Å². The van der Waals surface area contributed by atoms with E-state index in [0.29, 0.717) is 0 Å². The maximum atomic E-state index is 10.3. The van der Waals surface area contributed by atoms with Gasteiger partial charge in [-0.1, -0.05) is 0 Å². The molecule has 0 fully saturated rings. The Morgan fingerprint density at radius 3 is 0.640 bits per heavy atom. The van der Waals surface area contributed by atoms with Crippen LogP contribution in [-0.4, -0.2) is 44.3 Å². The molecule has 128 valence electrons. The maximum Gasteiger partial charge on any atom is 0.335 e. The molecule has 0 saturated carbocycles. The van der Waals surface area contributed by atoms with Crippen LogP contribution in [0.15, 0.2) is 48.5 Å². The zero-order valence-corrected chi connectivity index (χ0v) is 14.1. The third-order valence-electron chi connectivity index (χ3n) is 2.76. The van der Waals surface area contributed by atoms with Crippen molar-refractivity contribution in [2.24, 2.45) is 0 Å². The average Bonchev–Trinajstić information content (AvgIpc) is 2.55. The van der Waals surface area contributed by atoms with Gasteiger partial charge in [0.05, 0.1) is 22.3 Å². The van der Waals surface area contributed by atoms with E-state index in [1.165, 1.54) is 48.5 Å².